The Balaban J connectivity index is 1.58. The minimum atomic E-state index is -3.59. The molecule has 2 aromatic carbocycles. The summed E-state index contributed by atoms with van der Waals surface area (Å²) in [4.78, 5) is 16.8. The number of carbonyl (C=O) groups is 1. The molecular formula is C23H28N4O6S. The van der Waals surface area contributed by atoms with Gasteiger partial charge in [0.15, 0.2) is 0 Å². The fraction of sp³-hybridized carbons (Fsp3) is 0.348. The van der Waals surface area contributed by atoms with E-state index in [0.29, 0.717) is 30.2 Å². The van der Waals surface area contributed by atoms with E-state index in [-0.39, 0.29) is 29.7 Å². The van der Waals surface area contributed by atoms with Gasteiger partial charge in [0.1, 0.15) is 11.5 Å². The number of rotatable bonds is 11. The summed E-state index contributed by atoms with van der Waals surface area (Å²) in [6.07, 6.45) is 0.425. The van der Waals surface area contributed by atoms with Gasteiger partial charge < -0.3 is 19.3 Å². The molecule has 0 atom stereocenters. The lowest BCUT2D eigenvalue weighted by molar-refractivity contribution is -0.121. The van der Waals surface area contributed by atoms with Crippen molar-refractivity contribution in [1.29, 1.82) is 0 Å². The van der Waals surface area contributed by atoms with E-state index in [2.05, 4.69) is 15.5 Å². The third-order valence-corrected chi connectivity index (χ3v) is 6.79. The van der Waals surface area contributed by atoms with Crippen molar-refractivity contribution in [3.8, 4) is 22.9 Å². The van der Waals surface area contributed by atoms with E-state index >= 15 is 0 Å². The number of methoxy groups -OCH3 is 1. The Labute approximate surface area is 198 Å². The standard InChI is InChI=1S/C23H28N4O6S/c1-5-32-18-9-6-16(7-10-18)23-25-22(33-26-23)15-24-21(28)13-8-17-14-19(11-12-20(17)31-4)34(29,30)27(2)3/h6-7,9-12,14H,5,8,13,15H2,1-4H3,(H,24,28). The summed E-state index contributed by atoms with van der Waals surface area (Å²) < 4.78 is 41.9. The number of aryl methyl sites for hydroxylation is 1. The van der Waals surface area contributed by atoms with Gasteiger partial charge in [0.25, 0.3) is 0 Å². The molecule has 182 valence electrons. The molecule has 0 saturated carbocycles. The second-order valence-corrected chi connectivity index (χ2v) is 9.66. The summed E-state index contributed by atoms with van der Waals surface area (Å²) in [5, 5.41) is 6.69. The number of nitrogens with one attached hydrogen (secondary N) is 1. The van der Waals surface area contributed by atoms with Crippen LogP contribution in [0.25, 0.3) is 11.4 Å². The second kappa shape index (κ2) is 11.1. The van der Waals surface area contributed by atoms with Crippen molar-refractivity contribution in [2.45, 2.75) is 31.2 Å². The molecule has 1 aromatic heterocycles. The maximum absolute atomic E-state index is 12.4. The summed E-state index contributed by atoms with van der Waals surface area (Å²) in [7, 11) is 0.832. The first-order chi connectivity index (χ1) is 16.2. The highest BCUT2D eigenvalue weighted by atomic mass is 32.2. The molecule has 1 N–H and O–H groups in total. The molecule has 3 aromatic rings. The highest BCUT2D eigenvalue weighted by Crippen LogP contribution is 2.25. The topological polar surface area (TPSA) is 124 Å². The van der Waals surface area contributed by atoms with Crippen LogP contribution in [0.3, 0.4) is 0 Å². The maximum atomic E-state index is 12.4. The van der Waals surface area contributed by atoms with Crippen molar-refractivity contribution in [3.05, 3.63) is 53.9 Å². The zero-order valence-electron chi connectivity index (χ0n) is 19.6. The van der Waals surface area contributed by atoms with Crippen molar-refractivity contribution in [1.82, 2.24) is 19.8 Å². The summed E-state index contributed by atoms with van der Waals surface area (Å²) in [6.45, 7) is 2.57. The fourth-order valence-electron chi connectivity index (χ4n) is 3.14. The van der Waals surface area contributed by atoms with Crippen LogP contribution in [0.2, 0.25) is 0 Å². The van der Waals surface area contributed by atoms with Crippen molar-refractivity contribution in [3.63, 3.8) is 0 Å². The highest BCUT2D eigenvalue weighted by Gasteiger charge is 2.19. The molecule has 0 radical (unpaired) electrons. The Morgan fingerprint density at radius 2 is 1.88 bits per heavy atom. The molecule has 3 rings (SSSR count). The first kappa shape index (κ1) is 25.2. The van der Waals surface area contributed by atoms with Gasteiger partial charge in [0.05, 0.1) is 25.2 Å². The highest BCUT2D eigenvalue weighted by molar-refractivity contribution is 7.89. The summed E-state index contributed by atoms with van der Waals surface area (Å²) in [5.41, 5.74) is 1.39. The van der Waals surface area contributed by atoms with Crippen LogP contribution in [0.5, 0.6) is 11.5 Å². The van der Waals surface area contributed by atoms with Crippen LogP contribution in [-0.2, 0) is 27.8 Å². The molecule has 1 heterocycles. The number of nitrogens with zero attached hydrogens (tertiary/aromatic N) is 3. The Morgan fingerprint density at radius 1 is 1.15 bits per heavy atom. The smallest absolute Gasteiger partial charge is 0.246 e. The number of hydrogen-bond acceptors (Lipinski definition) is 8. The Morgan fingerprint density at radius 3 is 2.53 bits per heavy atom. The fourth-order valence-corrected chi connectivity index (χ4v) is 4.10. The predicted molar refractivity (Wildman–Crippen MR) is 125 cm³/mol. The van der Waals surface area contributed by atoms with E-state index in [1.807, 2.05) is 31.2 Å². The average Bonchev–Trinajstić information content (AvgIpc) is 3.31. The van der Waals surface area contributed by atoms with E-state index < -0.39 is 10.0 Å². The van der Waals surface area contributed by atoms with E-state index in [1.54, 1.807) is 6.07 Å². The van der Waals surface area contributed by atoms with Crippen molar-refractivity contribution in [2.24, 2.45) is 0 Å². The summed E-state index contributed by atoms with van der Waals surface area (Å²) in [6, 6.07) is 11.9. The Hall–Kier alpha value is -3.44. The van der Waals surface area contributed by atoms with Gasteiger partial charge in [0, 0.05) is 26.1 Å². The van der Waals surface area contributed by atoms with Gasteiger partial charge in [-0.25, -0.2) is 12.7 Å². The summed E-state index contributed by atoms with van der Waals surface area (Å²) >= 11 is 0. The summed E-state index contributed by atoms with van der Waals surface area (Å²) in [5.74, 6) is 1.71. The number of aromatic nitrogens is 2. The number of benzene rings is 2. The number of amides is 1. The van der Waals surface area contributed by atoms with Crippen LogP contribution in [-0.4, -0.2) is 56.6 Å². The minimum absolute atomic E-state index is 0.0784. The van der Waals surface area contributed by atoms with Gasteiger partial charge in [-0.05, 0) is 61.4 Å². The molecular weight excluding hydrogens is 460 g/mol. The van der Waals surface area contributed by atoms with Gasteiger partial charge in [0.2, 0.25) is 27.6 Å². The lowest BCUT2D eigenvalue weighted by Gasteiger charge is -2.14. The normalized spacial score (nSPS) is 11.4. The maximum Gasteiger partial charge on any atom is 0.246 e. The van der Waals surface area contributed by atoms with E-state index in [0.717, 1.165) is 15.6 Å². The first-order valence-corrected chi connectivity index (χ1v) is 12.1. The van der Waals surface area contributed by atoms with E-state index in [9.17, 15) is 13.2 Å². The lowest BCUT2D eigenvalue weighted by Crippen LogP contribution is -2.24. The average molecular weight is 489 g/mol. The molecule has 0 spiro atoms. The van der Waals surface area contributed by atoms with Crippen LogP contribution < -0.4 is 14.8 Å². The molecule has 0 fully saturated rings. The van der Waals surface area contributed by atoms with Crippen molar-refractivity contribution < 1.29 is 27.2 Å². The third kappa shape index (κ3) is 6.12. The van der Waals surface area contributed by atoms with Crippen molar-refractivity contribution in [2.75, 3.05) is 27.8 Å². The molecule has 0 aliphatic heterocycles. The molecule has 0 aliphatic rings. The van der Waals surface area contributed by atoms with Crippen LogP contribution >= 0.6 is 0 Å². The number of carbonyl (C=O) groups excluding carboxylic acids is 1. The Kier molecular flexibility index (Phi) is 8.24. The van der Waals surface area contributed by atoms with Gasteiger partial charge in [-0.2, -0.15) is 4.98 Å². The molecule has 34 heavy (non-hydrogen) atoms. The van der Waals surface area contributed by atoms with E-state index in [4.69, 9.17) is 14.0 Å². The van der Waals surface area contributed by atoms with Gasteiger partial charge in [-0.3, -0.25) is 4.79 Å². The zero-order valence-corrected chi connectivity index (χ0v) is 20.4. The largest absolute Gasteiger partial charge is 0.496 e. The van der Waals surface area contributed by atoms with Crippen LogP contribution in [0, 0.1) is 0 Å². The molecule has 11 heteroatoms. The monoisotopic (exact) mass is 488 g/mol. The van der Waals surface area contributed by atoms with E-state index in [1.165, 1.54) is 33.3 Å². The molecule has 0 bridgehead atoms. The molecule has 10 nitrogen and oxygen atoms in total. The SMILES string of the molecule is CCOc1ccc(-c2noc(CNC(=O)CCc3cc(S(=O)(=O)N(C)C)ccc3OC)n2)cc1. The molecule has 0 saturated heterocycles. The molecule has 0 unspecified atom stereocenters. The van der Waals surface area contributed by atoms with Gasteiger partial charge in [-0.1, -0.05) is 5.16 Å². The van der Waals surface area contributed by atoms with Crippen LogP contribution in [0.15, 0.2) is 51.9 Å². The zero-order chi connectivity index (χ0) is 24.7. The van der Waals surface area contributed by atoms with Gasteiger partial charge >= 0.3 is 0 Å². The number of ether oxygens (including phenoxy) is 2. The number of hydrogen-bond donors (Lipinski definition) is 1. The predicted octanol–water partition coefficient (Wildman–Crippen LogP) is 2.64. The molecule has 0 aliphatic carbocycles. The van der Waals surface area contributed by atoms with Crippen LogP contribution in [0.1, 0.15) is 24.8 Å². The first-order valence-electron chi connectivity index (χ1n) is 10.7. The number of sulfonamides is 1. The van der Waals surface area contributed by atoms with Crippen LogP contribution in [0.4, 0.5) is 0 Å². The second-order valence-electron chi connectivity index (χ2n) is 7.51. The Bertz CT molecular complexity index is 1220. The lowest BCUT2D eigenvalue weighted by atomic mass is 10.1. The molecule has 1 amide bonds. The third-order valence-electron chi connectivity index (χ3n) is 4.98. The minimum Gasteiger partial charge on any atom is -0.496 e. The van der Waals surface area contributed by atoms with Gasteiger partial charge in [-0.15, -0.1) is 0 Å². The van der Waals surface area contributed by atoms with Crippen molar-refractivity contribution >= 4 is 15.9 Å². The quantitative estimate of drug-likeness (QED) is 0.437.